The van der Waals surface area contributed by atoms with E-state index in [1.165, 1.54) is 31.5 Å². The van der Waals surface area contributed by atoms with E-state index in [9.17, 15) is 14.0 Å². The molecule has 2 aliphatic rings. The summed E-state index contributed by atoms with van der Waals surface area (Å²) >= 11 is 0. The third-order valence-corrected chi connectivity index (χ3v) is 5.38. The number of nitrogens with zero attached hydrogens (tertiary/aromatic N) is 3. The number of halogens is 1. The molecule has 0 bridgehead atoms. The Kier molecular flexibility index (Phi) is 4.65. The molecule has 2 fully saturated rings. The van der Waals surface area contributed by atoms with Gasteiger partial charge < -0.3 is 19.1 Å². The predicted molar refractivity (Wildman–Crippen MR) is 92.1 cm³/mol. The van der Waals surface area contributed by atoms with Gasteiger partial charge in [0, 0.05) is 44.6 Å². The van der Waals surface area contributed by atoms with E-state index in [1.54, 1.807) is 15.9 Å². The first-order chi connectivity index (χ1) is 13.1. The molecule has 0 spiro atoms. The Bertz CT molecular complexity index is 841. The number of carbonyl (C=O) groups excluding carboxylic acids is 2. The van der Waals surface area contributed by atoms with Crippen molar-refractivity contribution in [3.63, 3.8) is 0 Å². The Morgan fingerprint density at radius 3 is 2.85 bits per heavy atom. The lowest BCUT2D eigenvalue weighted by molar-refractivity contribution is -0.136. The molecule has 2 saturated heterocycles. The molecule has 142 valence electrons. The van der Waals surface area contributed by atoms with Crippen molar-refractivity contribution in [2.24, 2.45) is 11.8 Å². The van der Waals surface area contributed by atoms with Crippen molar-refractivity contribution in [2.75, 3.05) is 33.4 Å². The first-order valence-corrected chi connectivity index (χ1v) is 8.82. The third kappa shape index (κ3) is 3.21. The smallest absolute Gasteiger partial charge is 0.292 e. The maximum absolute atomic E-state index is 13.8. The third-order valence-electron chi connectivity index (χ3n) is 5.38. The van der Waals surface area contributed by atoms with Gasteiger partial charge in [0.15, 0.2) is 0 Å². The fourth-order valence-corrected chi connectivity index (χ4v) is 4.27. The SMILES string of the molecule is COCC(=O)N1C[C@H]2CN(C(=O)c3ccno3)C[C@H]2[C@@H]1c1cccc(F)c1. The lowest BCUT2D eigenvalue weighted by atomic mass is 9.89. The van der Waals surface area contributed by atoms with Crippen molar-refractivity contribution in [3.8, 4) is 0 Å². The summed E-state index contributed by atoms with van der Waals surface area (Å²) < 4.78 is 23.8. The lowest BCUT2D eigenvalue weighted by Gasteiger charge is -2.29. The average molecular weight is 373 g/mol. The van der Waals surface area contributed by atoms with Crippen LogP contribution in [0.15, 0.2) is 41.1 Å². The average Bonchev–Trinajstić information content (AvgIpc) is 3.37. The number of rotatable bonds is 4. The number of hydrogen-bond acceptors (Lipinski definition) is 5. The number of amides is 2. The molecule has 7 nitrogen and oxygen atoms in total. The minimum Gasteiger partial charge on any atom is -0.375 e. The lowest BCUT2D eigenvalue weighted by Crippen LogP contribution is -2.38. The number of fused-ring (bicyclic) bond motifs is 1. The molecule has 0 aliphatic carbocycles. The van der Waals surface area contributed by atoms with Crippen LogP contribution in [0, 0.1) is 17.7 Å². The van der Waals surface area contributed by atoms with Crippen molar-refractivity contribution in [3.05, 3.63) is 53.7 Å². The molecule has 1 aromatic carbocycles. The second-order valence-electron chi connectivity index (χ2n) is 6.99. The monoisotopic (exact) mass is 373 g/mol. The van der Waals surface area contributed by atoms with E-state index >= 15 is 0 Å². The second kappa shape index (κ2) is 7.11. The number of ether oxygens (including phenoxy) is 1. The molecule has 0 saturated carbocycles. The first-order valence-electron chi connectivity index (χ1n) is 8.82. The van der Waals surface area contributed by atoms with E-state index < -0.39 is 0 Å². The molecular formula is C19H20FN3O4. The van der Waals surface area contributed by atoms with Crippen LogP contribution in [-0.4, -0.2) is 60.1 Å². The van der Waals surface area contributed by atoms with E-state index in [-0.39, 0.29) is 47.9 Å². The van der Waals surface area contributed by atoms with Crippen molar-refractivity contribution in [1.82, 2.24) is 15.0 Å². The number of aromatic nitrogens is 1. The Hall–Kier alpha value is -2.74. The summed E-state index contributed by atoms with van der Waals surface area (Å²) in [7, 11) is 1.48. The van der Waals surface area contributed by atoms with Crippen LogP contribution < -0.4 is 0 Å². The molecule has 0 unspecified atom stereocenters. The molecule has 2 aromatic rings. The molecule has 27 heavy (non-hydrogen) atoms. The zero-order valence-corrected chi connectivity index (χ0v) is 14.9. The van der Waals surface area contributed by atoms with Gasteiger partial charge in [0.25, 0.3) is 5.91 Å². The molecule has 0 radical (unpaired) electrons. The summed E-state index contributed by atoms with van der Waals surface area (Å²) in [5, 5.41) is 3.58. The van der Waals surface area contributed by atoms with Crippen LogP contribution in [0.2, 0.25) is 0 Å². The molecule has 2 amide bonds. The summed E-state index contributed by atoms with van der Waals surface area (Å²) in [6.45, 7) is 1.48. The zero-order valence-electron chi connectivity index (χ0n) is 14.9. The highest BCUT2D eigenvalue weighted by Crippen LogP contribution is 2.45. The maximum Gasteiger partial charge on any atom is 0.292 e. The topological polar surface area (TPSA) is 75.9 Å². The summed E-state index contributed by atoms with van der Waals surface area (Å²) in [6, 6.07) is 7.55. The van der Waals surface area contributed by atoms with Crippen LogP contribution in [0.5, 0.6) is 0 Å². The number of likely N-dealkylation sites (tertiary alicyclic amines) is 2. The van der Waals surface area contributed by atoms with E-state index in [1.807, 2.05) is 6.07 Å². The van der Waals surface area contributed by atoms with Crippen LogP contribution >= 0.6 is 0 Å². The Labute approximate surface area is 155 Å². The van der Waals surface area contributed by atoms with Crippen molar-refractivity contribution in [2.45, 2.75) is 6.04 Å². The largest absolute Gasteiger partial charge is 0.375 e. The van der Waals surface area contributed by atoms with Crippen LogP contribution in [0.4, 0.5) is 4.39 Å². The van der Waals surface area contributed by atoms with E-state index in [0.717, 1.165) is 5.56 Å². The van der Waals surface area contributed by atoms with Crippen LogP contribution in [0.1, 0.15) is 22.2 Å². The van der Waals surface area contributed by atoms with Gasteiger partial charge in [-0.2, -0.15) is 0 Å². The quantitative estimate of drug-likeness (QED) is 0.816. The summed E-state index contributed by atoms with van der Waals surface area (Å²) in [4.78, 5) is 28.6. The normalized spacial score (nSPS) is 24.3. The highest BCUT2D eigenvalue weighted by atomic mass is 19.1. The van der Waals surface area contributed by atoms with Gasteiger partial charge in [-0.3, -0.25) is 9.59 Å². The number of hydrogen-bond donors (Lipinski definition) is 0. The van der Waals surface area contributed by atoms with Crippen molar-refractivity contribution < 1.29 is 23.2 Å². The summed E-state index contributed by atoms with van der Waals surface area (Å²) in [6.07, 6.45) is 1.44. The predicted octanol–water partition coefficient (Wildman–Crippen LogP) is 1.73. The minimum absolute atomic E-state index is 0.0219. The fourth-order valence-electron chi connectivity index (χ4n) is 4.27. The fraction of sp³-hybridized carbons (Fsp3) is 0.421. The molecule has 0 N–H and O–H groups in total. The number of benzene rings is 1. The van der Waals surface area contributed by atoms with Gasteiger partial charge in [0.1, 0.15) is 12.4 Å². The van der Waals surface area contributed by atoms with Gasteiger partial charge in [0.2, 0.25) is 11.7 Å². The highest BCUT2D eigenvalue weighted by Gasteiger charge is 2.50. The summed E-state index contributed by atoms with van der Waals surface area (Å²) in [5.41, 5.74) is 0.737. The molecule has 8 heteroatoms. The van der Waals surface area contributed by atoms with Crippen LogP contribution in [0.25, 0.3) is 0 Å². The molecular weight excluding hydrogens is 353 g/mol. The Balaban J connectivity index is 1.61. The van der Waals surface area contributed by atoms with Gasteiger partial charge in [-0.25, -0.2) is 4.39 Å². The van der Waals surface area contributed by atoms with Gasteiger partial charge >= 0.3 is 0 Å². The molecule has 2 aliphatic heterocycles. The first kappa shape index (κ1) is 17.7. The van der Waals surface area contributed by atoms with Gasteiger partial charge in [-0.15, -0.1) is 0 Å². The van der Waals surface area contributed by atoms with E-state index in [0.29, 0.717) is 19.6 Å². The van der Waals surface area contributed by atoms with E-state index in [4.69, 9.17) is 9.26 Å². The highest BCUT2D eigenvalue weighted by molar-refractivity contribution is 5.91. The van der Waals surface area contributed by atoms with Gasteiger partial charge in [-0.05, 0) is 17.7 Å². The van der Waals surface area contributed by atoms with E-state index in [2.05, 4.69) is 5.16 Å². The second-order valence-corrected chi connectivity index (χ2v) is 6.99. The Morgan fingerprint density at radius 1 is 1.30 bits per heavy atom. The minimum atomic E-state index is -0.345. The zero-order chi connectivity index (χ0) is 19.0. The van der Waals surface area contributed by atoms with Crippen LogP contribution in [0.3, 0.4) is 0 Å². The van der Waals surface area contributed by atoms with Gasteiger partial charge in [0.05, 0.1) is 12.2 Å². The summed E-state index contributed by atoms with van der Waals surface area (Å²) in [5.74, 6) is -0.346. The standard InChI is InChI=1S/C19H20FN3O4/c1-26-11-17(24)23-9-13-8-22(19(25)16-5-6-21-27-16)10-15(13)18(23)12-3-2-4-14(20)7-12/h2-7,13,15,18H,8-11H2,1H3/t13-,15-,18+/m1/s1. The van der Waals surface area contributed by atoms with Crippen LogP contribution in [-0.2, 0) is 9.53 Å². The molecule has 4 rings (SSSR count). The Morgan fingerprint density at radius 2 is 2.15 bits per heavy atom. The van der Waals surface area contributed by atoms with Gasteiger partial charge in [-0.1, -0.05) is 17.3 Å². The number of methoxy groups -OCH3 is 1. The van der Waals surface area contributed by atoms with Crippen molar-refractivity contribution in [1.29, 1.82) is 0 Å². The molecule has 1 aromatic heterocycles. The maximum atomic E-state index is 13.8. The number of carbonyl (C=O) groups is 2. The van der Waals surface area contributed by atoms with Crippen molar-refractivity contribution >= 4 is 11.8 Å². The molecule has 3 heterocycles. The molecule has 3 atom stereocenters.